The quantitative estimate of drug-likeness (QED) is 0.401. The Bertz CT molecular complexity index is 753. The van der Waals surface area contributed by atoms with Crippen LogP contribution in [-0.4, -0.2) is 39.9 Å². The van der Waals surface area contributed by atoms with E-state index in [0.717, 1.165) is 12.1 Å². The van der Waals surface area contributed by atoms with Gasteiger partial charge >= 0.3 is 0 Å². The van der Waals surface area contributed by atoms with Crippen LogP contribution in [0.25, 0.3) is 0 Å². The third kappa shape index (κ3) is 6.69. The second kappa shape index (κ2) is 10.9. The first-order chi connectivity index (χ1) is 13.2. The van der Waals surface area contributed by atoms with Crippen LogP contribution in [0.1, 0.15) is 12.5 Å². The zero-order valence-corrected chi connectivity index (χ0v) is 15.9. The number of nitrogens with zero attached hydrogens (tertiary/aromatic N) is 1. The van der Waals surface area contributed by atoms with Crippen LogP contribution in [0.2, 0.25) is 0 Å². The van der Waals surface area contributed by atoms with Crippen molar-refractivity contribution in [1.29, 1.82) is 0 Å². The van der Waals surface area contributed by atoms with E-state index in [1.807, 2.05) is 25.1 Å². The van der Waals surface area contributed by atoms with E-state index in [2.05, 4.69) is 15.6 Å². The fourth-order valence-electron chi connectivity index (χ4n) is 2.39. The summed E-state index contributed by atoms with van der Waals surface area (Å²) in [5, 5.41) is 6.37. The lowest BCUT2D eigenvalue weighted by Gasteiger charge is -2.13. The Labute approximate surface area is 159 Å². The van der Waals surface area contributed by atoms with Crippen LogP contribution < -0.4 is 24.8 Å². The maximum atomic E-state index is 13.1. The first-order valence-corrected chi connectivity index (χ1v) is 8.77. The van der Waals surface area contributed by atoms with E-state index in [-0.39, 0.29) is 5.82 Å². The van der Waals surface area contributed by atoms with E-state index < -0.39 is 0 Å². The van der Waals surface area contributed by atoms with E-state index in [1.54, 1.807) is 26.4 Å². The van der Waals surface area contributed by atoms with Crippen molar-refractivity contribution in [2.75, 3.05) is 33.9 Å². The molecule has 2 aromatic rings. The molecule has 0 radical (unpaired) electrons. The molecule has 0 aliphatic heterocycles. The first-order valence-electron chi connectivity index (χ1n) is 8.77. The zero-order valence-electron chi connectivity index (χ0n) is 15.9. The molecule has 0 aliphatic rings. The van der Waals surface area contributed by atoms with Crippen LogP contribution in [0, 0.1) is 5.82 Å². The summed E-state index contributed by atoms with van der Waals surface area (Å²) >= 11 is 0. The molecule has 146 valence electrons. The number of hydrogen-bond donors (Lipinski definition) is 2. The highest BCUT2D eigenvalue weighted by molar-refractivity contribution is 5.79. The summed E-state index contributed by atoms with van der Waals surface area (Å²) in [7, 11) is 3.21. The number of hydrogen-bond acceptors (Lipinski definition) is 4. The molecule has 0 fully saturated rings. The molecule has 0 amide bonds. The second-order valence-electron chi connectivity index (χ2n) is 5.62. The fourth-order valence-corrected chi connectivity index (χ4v) is 2.39. The van der Waals surface area contributed by atoms with Gasteiger partial charge in [0.1, 0.15) is 18.2 Å². The minimum Gasteiger partial charge on any atom is -0.493 e. The van der Waals surface area contributed by atoms with Gasteiger partial charge in [-0.1, -0.05) is 12.1 Å². The third-order valence-corrected chi connectivity index (χ3v) is 3.67. The predicted octanol–water partition coefficient (Wildman–Crippen LogP) is 2.98. The van der Waals surface area contributed by atoms with E-state index in [1.165, 1.54) is 12.1 Å². The molecule has 0 heterocycles. The van der Waals surface area contributed by atoms with Gasteiger partial charge in [0, 0.05) is 12.6 Å². The highest BCUT2D eigenvalue weighted by Gasteiger charge is 2.05. The zero-order chi connectivity index (χ0) is 19.5. The maximum Gasteiger partial charge on any atom is 0.191 e. The monoisotopic (exact) mass is 375 g/mol. The lowest BCUT2D eigenvalue weighted by molar-refractivity contribution is 0.320. The SMILES string of the molecule is CCNC(=NCc1ccc(OC)c(OC)c1)NCCOc1cccc(F)c1. The molecule has 0 bridgehead atoms. The summed E-state index contributed by atoms with van der Waals surface area (Å²) in [6.07, 6.45) is 0. The van der Waals surface area contributed by atoms with Crippen LogP contribution in [0.5, 0.6) is 17.2 Å². The number of ether oxygens (including phenoxy) is 3. The van der Waals surface area contributed by atoms with E-state index in [0.29, 0.717) is 42.9 Å². The Morgan fingerprint density at radius 3 is 2.56 bits per heavy atom. The number of halogens is 1. The molecule has 27 heavy (non-hydrogen) atoms. The maximum absolute atomic E-state index is 13.1. The van der Waals surface area contributed by atoms with Gasteiger partial charge in [-0.25, -0.2) is 9.38 Å². The van der Waals surface area contributed by atoms with Crippen LogP contribution in [0.4, 0.5) is 4.39 Å². The molecule has 2 N–H and O–H groups in total. The Balaban J connectivity index is 1.88. The van der Waals surface area contributed by atoms with Crippen LogP contribution in [0.3, 0.4) is 0 Å². The van der Waals surface area contributed by atoms with Crippen molar-refractivity contribution in [3.8, 4) is 17.2 Å². The van der Waals surface area contributed by atoms with E-state index in [4.69, 9.17) is 14.2 Å². The molecular weight excluding hydrogens is 349 g/mol. The van der Waals surface area contributed by atoms with Gasteiger partial charge in [0.25, 0.3) is 0 Å². The topological polar surface area (TPSA) is 64.1 Å². The van der Waals surface area contributed by atoms with Gasteiger partial charge in [-0.2, -0.15) is 0 Å². The fraction of sp³-hybridized carbons (Fsp3) is 0.350. The average molecular weight is 375 g/mol. The Morgan fingerprint density at radius 2 is 1.85 bits per heavy atom. The van der Waals surface area contributed by atoms with Crippen molar-refractivity contribution in [3.05, 3.63) is 53.8 Å². The highest BCUT2D eigenvalue weighted by atomic mass is 19.1. The molecule has 0 saturated carbocycles. The largest absolute Gasteiger partial charge is 0.493 e. The van der Waals surface area contributed by atoms with Crippen molar-refractivity contribution >= 4 is 5.96 Å². The molecule has 0 aliphatic carbocycles. The molecule has 2 aromatic carbocycles. The second-order valence-corrected chi connectivity index (χ2v) is 5.62. The van der Waals surface area contributed by atoms with Gasteiger partial charge in [-0.05, 0) is 36.8 Å². The first kappa shape index (κ1) is 20.4. The minimum absolute atomic E-state index is 0.315. The molecule has 7 heteroatoms. The highest BCUT2D eigenvalue weighted by Crippen LogP contribution is 2.27. The molecule has 0 saturated heterocycles. The summed E-state index contributed by atoms with van der Waals surface area (Å²) in [5.41, 5.74) is 1.00. The van der Waals surface area contributed by atoms with Crippen LogP contribution in [0.15, 0.2) is 47.5 Å². The van der Waals surface area contributed by atoms with Gasteiger partial charge in [0.15, 0.2) is 17.5 Å². The standard InChI is InChI=1S/C20H26FN3O3/c1-4-22-20(23-10-11-27-17-7-5-6-16(21)13-17)24-14-15-8-9-18(25-2)19(12-15)26-3/h5-9,12-13H,4,10-11,14H2,1-3H3,(H2,22,23,24). The van der Waals surface area contributed by atoms with Gasteiger partial charge in [-0.15, -0.1) is 0 Å². The lowest BCUT2D eigenvalue weighted by atomic mass is 10.2. The predicted molar refractivity (Wildman–Crippen MR) is 104 cm³/mol. The Morgan fingerprint density at radius 1 is 1.04 bits per heavy atom. The summed E-state index contributed by atoms with van der Waals surface area (Å²) in [6.45, 7) is 4.15. The smallest absolute Gasteiger partial charge is 0.191 e. The summed E-state index contributed by atoms with van der Waals surface area (Å²) in [5.74, 6) is 2.22. The Hall–Kier alpha value is -2.96. The number of nitrogens with one attached hydrogen (secondary N) is 2. The minimum atomic E-state index is -0.315. The number of benzene rings is 2. The molecular formula is C20H26FN3O3. The number of aliphatic imine (C=N–C) groups is 1. The number of methoxy groups -OCH3 is 2. The van der Waals surface area contributed by atoms with Crippen molar-refractivity contribution in [3.63, 3.8) is 0 Å². The van der Waals surface area contributed by atoms with Gasteiger partial charge < -0.3 is 24.8 Å². The Kier molecular flexibility index (Phi) is 8.22. The van der Waals surface area contributed by atoms with Gasteiger partial charge in [0.2, 0.25) is 0 Å². The van der Waals surface area contributed by atoms with Gasteiger partial charge in [-0.3, -0.25) is 0 Å². The van der Waals surface area contributed by atoms with Crippen molar-refractivity contribution in [2.45, 2.75) is 13.5 Å². The molecule has 2 rings (SSSR count). The van der Waals surface area contributed by atoms with Crippen LogP contribution >= 0.6 is 0 Å². The molecule has 0 aromatic heterocycles. The normalized spacial score (nSPS) is 11.0. The summed E-state index contributed by atoms with van der Waals surface area (Å²) in [6, 6.07) is 11.8. The third-order valence-electron chi connectivity index (χ3n) is 3.67. The van der Waals surface area contributed by atoms with Crippen LogP contribution in [-0.2, 0) is 6.54 Å². The summed E-state index contributed by atoms with van der Waals surface area (Å²) in [4.78, 5) is 4.56. The summed E-state index contributed by atoms with van der Waals surface area (Å²) < 4.78 is 29.2. The van der Waals surface area contributed by atoms with Crippen molar-refractivity contribution in [1.82, 2.24) is 10.6 Å². The van der Waals surface area contributed by atoms with Crippen molar-refractivity contribution < 1.29 is 18.6 Å². The molecule has 0 spiro atoms. The van der Waals surface area contributed by atoms with E-state index >= 15 is 0 Å². The van der Waals surface area contributed by atoms with Gasteiger partial charge in [0.05, 0.1) is 27.3 Å². The van der Waals surface area contributed by atoms with Crippen molar-refractivity contribution in [2.24, 2.45) is 4.99 Å². The lowest BCUT2D eigenvalue weighted by Crippen LogP contribution is -2.39. The van der Waals surface area contributed by atoms with E-state index in [9.17, 15) is 4.39 Å². The average Bonchev–Trinajstić information content (AvgIpc) is 2.69. The number of guanidine groups is 1. The molecule has 0 unspecified atom stereocenters. The number of rotatable bonds is 9. The molecule has 0 atom stereocenters. The molecule has 6 nitrogen and oxygen atoms in total.